The Morgan fingerprint density at radius 3 is 2.47 bits per heavy atom. The highest BCUT2D eigenvalue weighted by Crippen LogP contribution is 2.45. The molecule has 3 aromatic rings. The van der Waals surface area contributed by atoms with Gasteiger partial charge in [0.2, 0.25) is 0 Å². The van der Waals surface area contributed by atoms with E-state index in [1.807, 2.05) is 0 Å². The molecule has 0 aliphatic heterocycles. The number of nitrogens with zero attached hydrogens (tertiary/aromatic N) is 2. The molecule has 0 amide bonds. The van der Waals surface area contributed by atoms with Gasteiger partial charge in [0.25, 0.3) is 0 Å². The number of carbonyl (C=O) groups is 1. The normalized spacial score (nSPS) is 15.0. The molecule has 0 fully saturated rings. The molecule has 0 saturated carbocycles. The largest absolute Gasteiger partial charge is 0.346 e. The van der Waals surface area contributed by atoms with E-state index in [2.05, 4.69) is 87.5 Å². The monoisotopic (exact) mass is 402 g/mol. The second-order valence-corrected chi connectivity index (χ2v) is 9.27. The van der Waals surface area contributed by atoms with Crippen LogP contribution in [0.25, 0.3) is 10.9 Å². The van der Waals surface area contributed by atoms with Crippen molar-refractivity contribution in [2.75, 3.05) is 19.6 Å². The molecule has 30 heavy (non-hydrogen) atoms. The summed E-state index contributed by atoms with van der Waals surface area (Å²) in [7, 11) is 2.11. The maximum Gasteiger partial charge on any atom is 0.195 e. The van der Waals surface area contributed by atoms with E-state index in [0.717, 1.165) is 60.2 Å². The van der Waals surface area contributed by atoms with E-state index in [0.29, 0.717) is 0 Å². The highest BCUT2D eigenvalue weighted by molar-refractivity contribution is 6.20. The second-order valence-electron chi connectivity index (χ2n) is 9.27. The van der Waals surface area contributed by atoms with Crippen LogP contribution in [0.5, 0.6) is 0 Å². The number of ketones is 1. The lowest BCUT2D eigenvalue weighted by atomic mass is 9.70. The van der Waals surface area contributed by atoms with Crippen LogP contribution in [0.1, 0.15) is 72.4 Å². The molecule has 0 unspecified atom stereocenters. The van der Waals surface area contributed by atoms with Crippen LogP contribution in [0.2, 0.25) is 0 Å². The summed E-state index contributed by atoms with van der Waals surface area (Å²) < 4.78 is 2.24. The molecule has 0 atom stereocenters. The van der Waals surface area contributed by atoms with Gasteiger partial charge >= 0.3 is 0 Å². The molecule has 0 saturated heterocycles. The molecule has 1 aliphatic carbocycles. The topological polar surface area (TPSA) is 25.2 Å². The fourth-order valence-corrected chi connectivity index (χ4v) is 5.28. The minimum absolute atomic E-state index is 0.170. The summed E-state index contributed by atoms with van der Waals surface area (Å²) >= 11 is 0. The van der Waals surface area contributed by atoms with Crippen molar-refractivity contribution in [3.05, 3.63) is 69.9 Å². The van der Waals surface area contributed by atoms with Crippen molar-refractivity contribution in [2.24, 2.45) is 7.05 Å². The number of rotatable bonds is 6. The second kappa shape index (κ2) is 7.70. The Balaban J connectivity index is 1.75. The summed E-state index contributed by atoms with van der Waals surface area (Å²) in [6, 6.07) is 12.9. The number of hydrogen-bond acceptors (Lipinski definition) is 2. The van der Waals surface area contributed by atoms with Crippen molar-refractivity contribution in [3.63, 3.8) is 0 Å². The van der Waals surface area contributed by atoms with Crippen molar-refractivity contribution >= 4 is 16.7 Å². The molecular formula is C27H34N2O. The van der Waals surface area contributed by atoms with E-state index < -0.39 is 0 Å². The smallest absolute Gasteiger partial charge is 0.195 e. The summed E-state index contributed by atoms with van der Waals surface area (Å²) in [4.78, 5) is 16.0. The number of fused-ring (bicyclic) bond motifs is 4. The van der Waals surface area contributed by atoms with Crippen molar-refractivity contribution in [2.45, 2.75) is 52.9 Å². The van der Waals surface area contributed by atoms with Crippen LogP contribution in [-0.4, -0.2) is 34.9 Å². The van der Waals surface area contributed by atoms with Crippen LogP contribution in [-0.2, 0) is 18.9 Å². The predicted molar refractivity (Wildman–Crippen MR) is 126 cm³/mol. The molecule has 1 heterocycles. The summed E-state index contributed by atoms with van der Waals surface area (Å²) in [6.45, 7) is 14.4. The van der Waals surface area contributed by atoms with Crippen molar-refractivity contribution < 1.29 is 4.79 Å². The van der Waals surface area contributed by atoms with Gasteiger partial charge in [0.15, 0.2) is 5.78 Å². The van der Waals surface area contributed by atoms with Gasteiger partial charge in [0, 0.05) is 34.6 Å². The van der Waals surface area contributed by atoms with Gasteiger partial charge in [-0.1, -0.05) is 58.0 Å². The highest BCUT2D eigenvalue weighted by atomic mass is 16.1. The van der Waals surface area contributed by atoms with Crippen molar-refractivity contribution in [3.8, 4) is 0 Å². The zero-order valence-electron chi connectivity index (χ0n) is 19.3. The molecule has 2 aromatic carbocycles. The first kappa shape index (κ1) is 20.9. The first-order chi connectivity index (χ1) is 14.3. The van der Waals surface area contributed by atoms with Crippen molar-refractivity contribution in [1.82, 2.24) is 9.47 Å². The zero-order valence-corrected chi connectivity index (χ0v) is 19.3. The third kappa shape index (κ3) is 3.20. The maximum absolute atomic E-state index is 13.6. The Bertz CT molecular complexity index is 1120. The molecule has 1 aromatic heterocycles. The Kier molecular flexibility index (Phi) is 5.36. The van der Waals surface area contributed by atoms with Crippen LogP contribution >= 0.6 is 0 Å². The van der Waals surface area contributed by atoms with Gasteiger partial charge in [-0.05, 0) is 62.2 Å². The molecule has 1 aliphatic rings. The number of carbonyl (C=O) groups excluding carboxylic acids is 1. The van der Waals surface area contributed by atoms with Gasteiger partial charge in [-0.3, -0.25) is 4.79 Å². The lowest BCUT2D eigenvalue weighted by molar-refractivity contribution is 0.103. The van der Waals surface area contributed by atoms with Crippen LogP contribution in [0.15, 0.2) is 36.4 Å². The van der Waals surface area contributed by atoms with E-state index >= 15 is 0 Å². The minimum atomic E-state index is -0.213. The lowest BCUT2D eigenvalue weighted by Crippen LogP contribution is -2.32. The fraction of sp³-hybridized carbons (Fsp3) is 0.444. The zero-order chi connectivity index (χ0) is 21.6. The summed E-state index contributed by atoms with van der Waals surface area (Å²) in [6.07, 6.45) is 2.20. The van der Waals surface area contributed by atoms with E-state index in [9.17, 15) is 4.79 Å². The quantitative estimate of drug-likeness (QED) is 0.534. The molecule has 0 N–H and O–H groups in total. The number of aromatic nitrogens is 1. The Labute approximate surface area is 180 Å². The number of aryl methyl sites for hydroxylation is 3. The predicted octanol–water partition coefficient (Wildman–Crippen LogP) is 5.63. The molecule has 158 valence electrons. The first-order valence-corrected chi connectivity index (χ1v) is 11.3. The highest BCUT2D eigenvalue weighted by Gasteiger charge is 2.40. The molecule has 4 rings (SSSR count). The van der Waals surface area contributed by atoms with Gasteiger partial charge in [-0.25, -0.2) is 0 Å². The van der Waals surface area contributed by atoms with Crippen LogP contribution < -0.4 is 0 Å². The van der Waals surface area contributed by atoms with E-state index in [1.165, 1.54) is 16.7 Å². The van der Waals surface area contributed by atoms with Crippen molar-refractivity contribution in [1.29, 1.82) is 0 Å². The lowest BCUT2D eigenvalue weighted by Gasteiger charge is -2.34. The van der Waals surface area contributed by atoms with Gasteiger partial charge in [0.1, 0.15) is 0 Å². The maximum atomic E-state index is 13.6. The summed E-state index contributed by atoms with van der Waals surface area (Å²) in [5, 5.41) is 1.07. The molecule has 3 nitrogen and oxygen atoms in total. The average Bonchev–Trinajstić information content (AvgIpc) is 3.03. The molecule has 0 bridgehead atoms. The minimum Gasteiger partial charge on any atom is -0.346 e. The van der Waals surface area contributed by atoms with Crippen LogP contribution in [0, 0.1) is 6.92 Å². The molecule has 0 radical (unpaired) electrons. The van der Waals surface area contributed by atoms with Crippen LogP contribution in [0.4, 0.5) is 0 Å². The fourth-order valence-electron chi connectivity index (χ4n) is 5.28. The van der Waals surface area contributed by atoms with Crippen LogP contribution in [0.3, 0.4) is 0 Å². The van der Waals surface area contributed by atoms with E-state index in [4.69, 9.17) is 0 Å². The summed E-state index contributed by atoms with van der Waals surface area (Å²) in [5.41, 5.74) is 7.55. The number of benzene rings is 2. The standard InChI is InChI=1S/C27H34N2O/c1-7-29(8-2)15-9-10-19-12-14-20-22(17-19)27(4,5)26-24(25(20)30)21-13-11-18(3)16-23(21)28(26)6/h11-14,16-17H,7-10,15H2,1-6H3. The molecule has 0 spiro atoms. The van der Waals surface area contributed by atoms with E-state index in [-0.39, 0.29) is 11.2 Å². The SMILES string of the molecule is CCN(CC)CCCc1ccc2c(c1)C(C)(C)c1c(c3ccc(C)cc3n1C)C2=O. The van der Waals surface area contributed by atoms with Gasteiger partial charge in [0.05, 0.1) is 5.56 Å². The third-order valence-electron chi connectivity index (χ3n) is 7.01. The Hall–Kier alpha value is -2.39. The molecular weight excluding hydrogens is 368 g/mol. The number of hydrogen-bond donors (Lipinski definition) is 0. The first-order valence-electron chi connectivity index (χ1n) is 11.3. The summed E-state index contributed by atoms with van der Waals surface area (Å²) in [5.74, 6) is 0.170. The molecule has 3 heteroatoms. The Morgan fingerprint density at radius 2 is 1.77 bits per heavy atom. The third-order valence-corrected chi connectivity index (χ3v) is 7.01. The van der Waals surface area contributed by atoms with Gasteiger partial charge in [-0.2, -0.15) is 0 Å². The van der Waals surface area contributed by atoms with Gasteiger partial charge < -0.3 is 9.47 Å². The average molecular weight is 403 g/mol. The van der Waals surface area contributed by atoms with Gasteiger partial charge in [-0.15, -0.1) is 0 Å². The van der Waals surface area contributed by atoms with E-state index in [1.54, 1.807) is 0 Å². The Morgan fingerprint density at radius 1 is 1.03 bits per heavy atom.